The largest absolute Gasteiger partial charge is 0.260 e. The summed E-state index contributed by atoms with van der Waals surface area (Å²) in [5.41, 5.74) is 8.89. The minimum Gasteiger partial charge on any atom is -0.260 e. The highest BCUT2D eigenvalue weighted by molar-refractivity contribution is 6.83. The molecule has 3 aromatic heterocycles. The molecule has 0 fully saturated rings. The maximum atomic E-state index is 4.52. The molecule has 190 valence electrons. The first kappa shape index (κ1) is 28.4. The van der Waals surface area contributed by atoms with Gasteiger partial charge in [-0.1, -0.05) is 75.4 Å². The van der Waals surface area contributed by atoms with Crippen LogP contribution >= 0.6 is 0 Å². The van der Waals surface area contributed by atoms with Gasteiger partial charge in [-0.25, -0.2) is 0 Å². The average molecular weight is 514 g/mol. The van der Waals surface area contributed by atoms with Gasteiger partial charge in [0.1, 0.15) is 8.07 Å². The summed E-state index contributed by atoms with van der Waals surface area (Å²) in [5, 5.41) is 0. The molecular weight excluding hydrogens is 478 g/mol. The Balaban J connectivity index is 1.48. The Morgan fingerprint density at radius 3 is 1.68 bits per heavy atom. The van der Waals surface area contributed by atoms with Crippen LogP contribution in [0.25, 0.3) is 12.2 Å². The third kappa shape index (κ3) is 11.3. The van der Waals surface area contributed by atoms with Gasteiger partial charge < -0.3 is 0 Å². The van der Waals surface area contributed by atoms with E-state index in [4.69, 9.17) is 0 Å². The minimum atomic E-state index is -1.38. The van der Waals surface area contributed by atoms with Gasteiger partial charge in [0.2, 0.25) is 0 Å². The fraction of sp³-hybridized carbons (Fsp3) is 0.265. The lowest BCUT2D eigenvalue weighted by molar-refractivity contribution is 0.660. The van der Waals surface area contributed by atoms with Gasteiger partial charge in [0.25, 0.3) is 0 Å². The highest BCUT2D eigenvalue weighted by Crippen LogP contribution is 2.07. The normalized spacial score (nSPS) is 10.8. The number of aryl methyl sites for hydroxylation is 1. The molecule has 0 aliphatic carbocycles. The molecule has 0 N–H and O–H groups in total. The molecule has 0 spiro atoms. The van der Waals surface area contributed by atoms with Crippen LogP contribution in [0.3, 0.4) is 0 Å². The Kier molecular flexibility index (Phi) is 11.3. The molecule has 4 heteroatoms. The summed E-state index contributed by atoms with van der Waals surface area (Å²) in [6.45, 7) is 8.92. The van der Waals surface area contributed by atoms with E-state index in [1.54, 1.807) is 12.3 Å². The molecule has 0 bridgehead atoms. The van der Waals surface area contributed by atoms with E-state index in [0.717, 1.165) is 40.2 Å². The summed E-state index contributed by atoms with van der Waals surface area (Å²) in [4.78, 5) is 13.4. The molecule has 3 aromatic rings. The summed E-state index contributed by atoms with van der Waals surface area (Å²) in [6.07, 6.45) is 18.9. The lowest BCUT2D eigenvalue weighted by Gasteiger charge is -2.03. The van der Waals surface area contributed by atoms with Crippen molar-refractivity contribution < 1.29 is 0 Å². The Morgan fingerprint density at radius 2 is 1.21 bits per heavy atom. The molecule has 3 heterocycles. The molecule has 3 rings (SSSR count). The molecule has 0 aliphatic rings. The van der Waals surface area contributed by atoms with E-state index in [2.05, 4.69) is 82.7 Å². The molecule has 3 nitrogen and oxygen atoms in total. The molecule has 0 atom stereocenters. The summed E-state index contributed by atoms with van der Waals surface area (Å²) >= 11 is 0. The fourth-order valence-corrected chi connectivity index (χ4v) is 3.82. The highest BCUT2D eigenvalue weighted by atomic mass is 28.3. The molecule has 0 saturated heterocycles. The first-order valence-corrected chi connectivity index (χ1v) is 16.7. The Morgan fingerprint density at radius 1 is 0.658 bits per heavy atom. The fourth-order valence-electron chi connectivity index (χ4n) is 3.30. The number of hydrogen-bond acceptors (Lipinski definition) is 3. The molecule has 38 heavy (non-hydrogen) atoms. The Bertz CT molecular complexity index is 1410. The molecule has 0 radical (unpaired) electrons. The van der Waals surface area contributed by atoms with Crippen molar-refractivity contribution >= 4 is 20.2 Å². The SMILES string of the molecule is CCCCCCc1ccc(C#CC=Cc2ccc(C#CC=Cc3ccc(C#C[Si](C)(C)C)cn3)cn2)cn1. The number of pyridine rings is 3. The van der Waals surface area contributed by atoms with Crippen molar-refractivity contribution in [2.75, 3.05) is 0 Å². The van der Waals surface area contributed by atoms with Crippen LogP contribution in [0, 0.1) is 35.1 Å². The van der Waals surface area contributed by atoms with E-state index in [9.17, 15) is 0 Å². The number of unbranched alkanes of at least 4 members (excludes halogenated alkanes) is 3. The first-order valence-electron chi connectivity index (χ1n) is 13.2. The van der Waals surface area contributed by atoms with Crippen LogP contribution in [0.1, 0.15) is 66.4 Å². The van der Waals surface area contributed by atoms with Gasteiger partial charge >= 0.3 is 0 Å². The second-order valence-electron chi connectivity index (χ2n) is 10.00. The smallest absolute Gasteiger partial charge is 0.129 e. The lowest BCUT2D eigenvalue weighted by atomic mass is 10.1. The quantitative estimate of drug-likeness (QED) is 0.188. The zero-order valence-corrected chi connectivity index (χ0v) is 23.9. The molecule has 0 saturated carbocycles. The Hall–Kier alpha value is -4.17. The van der Waals surface area contributed by atoms with Crippen LogP contribution < -0.4 is 0 Å². The summed E-state index contributed by atoms with van der Waals surface area (Å²) in [6, 6.07) is 12.0. The maximum Gasteiger partial charge on any atom is 0.129 e. The van der Waals surface area contributed by atoms with E-state index in [-0.39, 0.29) is 0 Å². The maximum absolute atomic E-state index is 4.52. The number of hydrogen-bond donors (Lipinski definition) is 0. The minimum absolute atomic E-state index is 0.836. The van der Waals surface area contributed by atoms with E-state index < -0.39 is 8.07 Å². The van der Waals surface area contributed by atoms with E-state index in [0.29, 0.717) is 0 Å². The van der Waals surface area contributed by atoms with E-state index >= 15 is 0 Å². The van der Waals surface area contributed by atoms with Gasteiger partial charge in [-0.2, -0.15) is 0 Å². The number of allylic oxidation sites excluding steroid dienone is 2. The molecule has 0 aromatic carbocycles. The van der Waals surface area contributed by atoms with Crippen LogP contribution in [0.15, 0.2) is 67.1 Å². The highest BCUT2D eigenvalue weighted by Gasteiger charge is 2.07. The third-order valence-electron chi connectivity index (χ3n) is 5.37. The summed E-state index contributed by atoms with van der Waals surface area (Å²) in [7, 11) is -1.38. The second kappa shape index (κ2) is 15.2. The van der Waals surface area contributed by atoms with Gasteiger partial charge in [0.05, 0.1) is 11.4 Å². The van der Waals surface area contributed by atoms with E-state index in [1.807, 2.05) is 61.0 Å². The zero-order chi connectivity index (χ0) is 27.1. The molecular formula is C34H35N3Si. The average Bonchev–Trinajstić information content (AvgIpc) is 2.92. The first-order chi connectivity index (χ1) is 18.4. The summed E-state index contributed by atoms with van der Waals surface area (Å²) in [5.74, 6) is 15.5. The van der Waals surface area contributed by atoms with Crippen LogP contribution in [0.5, 0.6) is 0 Å². The number of aromatic nitrogens is 3. The van der Waals surface area contributed by atoms with Crippen LogP contribution in [0.2, 0.25) is 19.6 Å². The van der Waals surface area contributed by atoms with Gasteiger partial charge in [0, 0.05) is 41.0 Å². The van der Waals surface area contributed by atoms with Gasteiger partial charge in [-0.3, -0.25) is 15.0 Å². The molecule has 0 unspecified atom stereocenters. The van der Waals surface area contributed by atoms with Gasteiger partial charge in [-0.15, -0.1) is 5.54 Å². The topological polar surface area (TPSA) is 38.7 Å². The van der Waals surface area contributed by atoms with Crippen LogP contribution in [-0.2, 0) is 6.42 Å². The Labute approximate surface area is 229 Å². The van der Waals surface area contributed by atoms with Crippen molar-refractivity contribution in [3.63, 3.8) is 0 Å². The molecule has 0 aliphatic heterocycles. The van der Waals surface area contributed by atoms with Gasteiger partial charge in [0.15, 0.2) is 0 Å². The molecule has 0 amide bonds. The standard InChI is InChI=1S/C34H35N3Si/c1-5-6-7-8-15-32-21-18-29(26-35-32)13-9-11-16-33-22-19-30(27-36-33)14-10-12-17-34-23-20-31(28-37-34)24-25-38(2,3)4/h11-12,16-23,26-28H,5-8,15H2,1-4H3. The summed E-state index contributed by atoms with van der Waals surface area (Å²) < 4.78 is 0. The van der Waals surface area contributed by atoms with Crippen molar-refractivity contribution in [1.29, 1.82) is 0 Å². The van der Waals surface area contributed by atoms with E-state index in [1.165, 1.54) is 25.7 Å². The monoisotopic (exact) mass is 513 g/mol. The van der Waals surface area contributed by atoms with Crippen molar-refractivity contribution in [2.45, 2.75) is 58.7 Å². The third-order valence-corrected chi connectivity index (χ3v) is 6.25. The van der Waals surface area contributed by atoms with Crippen molar-refractivity contribution in [2.24, 2.45) is 0 Å². The van der Waals surface area contributed by atoms with Crippen molar-refractivity contribution in [3.05, 3.63) is 101 Å². The lowest BCUT2D eigenvalue weighted by Crippen LogP contribution is -2.16. The van der Waals surface area contributed by atoms with Gasteiger partial charge in [-0.05, 0) is 73.5 Å². The second-order valence-corrected chi connectivity index (χ2v) is 14.7. The van der Waals surface area contributed by atoms with Crippen LogP contribution in [0.4, 0.5) is 0 Å². The van der Waals surface area contributed by atoms with Crippen LogP contribution in [-0.4, -0.2) is 23.0 Å². The predicted octanol–water partition coefficient (Wildman–Crippen LogP) is 7.35. The number of rotatable bonds is 7. The predicted molar refractivity (Wildman–Crippen MR) is 163 cm³/mol. The van der Waals surface area contributed by atoms with Crippen molar-refractivity contribution in [1.82, 2.24) is 15.0 Å². The number of nitrogens with zero attached hydrogens (tertiary/aromatic N) is 3. The zero-order valence-electron chi connectivity index (χ0n) is 22.9. The van der Waals surface area contributed by atoms with Crippen molar-refractivity contribution in [3.8, 4) is 35.1 Å².